The first-order chi connectivity index (χ1) is 14.3. The van der Waals surface area contributed by atoms with Gasteiger partial charge in [0.25, 0.3) is 5.91 Å². The van der Waals surface area contributed by atoms with Crippen LogP contribution in [-0.4, -0.2) is 49.8 Å². The molecule has 0 spiro atoms. The maximum atomic E-state index is 12.8. The predicted molar refractivity (Wildman–Crippen MR) is 113 cm³/mol. The van der Waals surface area contributed by atoms with E-state index in [0.29, 0.717) is 24.5 Å². The summed E-state index contributed by atoms with van der Waals surface area (Å²) in [6.45, 7) is 4.13. The highest BCUT2D eigenvalue weighted by Gasteiger charge is 2.24. The van der Waals surface area contributed by atoms with E-state index >= 15 is 0 Å². The van der Waals surface area contributed by atoms with Crippen LogP contribution in [-0.2, 0) is 4.74 Å². The van der Waals surface area contributed by atoms with Gasteiger partial charge in [0.2, 0.25) is 0 Å². The number of carbonyl (C=O) groups is 1. The van der Waals surface area contributed by atoms with Gasteiger partial charge in [-0.15, -0.1) is 0 Å². The van der Waals surface area contributed by atoms with Gasteiger partial charge in [-0.3, -0.25) is 9.69 Å². The molecule has 2 aromatic carbocycles. The van der Waals surface area contributed by atoms with E-state index in [1.165, 1.54) is 18.4 Å². The number of carbonyl (C=O) groups excluding carboxylic acids is 1. The quantitative estimate of drug-likeness (QED) is 0.740. The molecule has 2 fully saturated rings. The van der Waals surface area contributed by atoms with Crippen LogP contribution in [0.3, 0.4) is 0 Å². The van der Waals surface area contributed by atoms with Crippen LogP contribution in [0.5, 0.6) is 5.75 Å². The second-order valence-corrected chi connectivity index (χ2v) is 7.85. The Morgan fingerprint density at radius 1 is 1.10 bits per heavy atom. The third kappa shape index (κ3) is 5.37. The molecule has 2 aromatic rings. The Hall–Kier alpha value is -2.37. The highest BCUT2D eigenvalue weighted by atomic mass is 16.5. The first-order valence-electron chi connectivity index (χ1n) is 10.7. The fourth-order valence-corrected chi connectivity index (χ4v) is 4.17. The summed E-state index contributed by atoms with van der Waals surface area (Å²) in [4.78, 5) is 15.3. The highest BCUT2D eigenvalue weighted by molar-refractivity contribution is 5.94. The van der Waals surface area contributed by atoms with Crippen molar-refractivity contribution in [3.05, 3.63) is 65.7 Å². The number of ether oxygens (including phenoxy) is 2. The van der Waals surface area contributed by atoms with Crippen molar-refractivity contribution in [1.29, 1.82) is 0 Å². The maximum Gasteiger partial charge on any atom is 0.251 e. The Bertz CT molecular complexity index is 784. The average Bonchev–Trinajstić information content (AvgIpc) is 3.48. The smallest absolute Gasteiger partial charge is 0.251 e. The van der Waals surface area contributed by atoms with E-state index in [-0.39, 0.29) is 18.1 Å². The summed E-state index contributed by atoms with van der Waals surface area (Å²) < 4.78 is 11.4. The minimum Gasteiger partial charge on any atom is -0.491 e. The van der Waals surface area contributed by atoms with Gasteiger partial charge in [0.05, 0.1) is 12.1 Å². The maximum absolute atomic E-state index is 12.8. The molecule has 0 aromatic heterocycles. The van der Waals surface area contributed by atoms with Gasteiger partial charge in [-0.05, 0) is 62.5 Å². The molecule has 0 bridgehead atoms. The lowest BCUT2D eigenvalue weighted by atomic mass is 10.1. The van der Waals surface area contributed by atoms with Crippen molar-refractivity contribution >= 4 is 5.91 Å². The minimum absolute atomic E-state index is 0.0623. The summed E-state index contributed by atoms with van der Waals surface area (Å²) in [6.07, 6.45) is 4.75. The molecule has 4 rings (SSSR count). The molecule has 154 valence electrons. The first kappa shape index (κ1) is 19.9. The SMILES string of the molecule is O=C(NCC(c1ccccc1)N1CCCC1)c1cccc(OCC2CCCO2)c1. The molecule has 2 heterocycles. The molecule has 1 N–H and O–H groups in total. The van der Waals surface area contributed by atoms with Gasteiger partial charge >= 0.3 is 0 Å². The van der Waals surface area contributed by atoms with Crippen LogP contribution in [0.1, 0.15) is 47.6 Å². The summed E-state index contributed by atoms with van der Waals surface area (Å²) >= 11 is 0. The summed E-state index contributed by atoms with van der Waals surface area (Å²) in [6, 6.07) is 18.1. The van der Waals surface area contributed by atoms with Crippen molar-refractivity contribution in [2.45, 2.75) is 37.8 Å². The standard InChI is InChI=1S/C24H30N2O3/c27-24(20-10-6-11-21(16-20)29-18-22-12-7-15-28-22)25-17-23(26-13-4-5-14-26)19-8-2-1-3-9-19/h1-3,6,8-11,16,22-23H,4-5,7,12-15,17-18H2,(H,25,27). The van der Waals surface area contributed by atoms with Crippen LogP contribution in [0.25, 0.3) is 0 Å². The molecule has 2 saturated heterocycles. The number of nitrogens with zero attached hydrogens (tertiary/aromatic N) is 1. The van der Waals surface area contributed by atoms with Crippen LogP contribution in [0.4, 0.5) is 0 Å². The molecule has 0 saturated carbocycles. The zero-order valence-electron chi connectivity index (χ0n) is 16.9. The van der Waals surface area contributed by atoms with E-state index in [9.17, 15) is 4.79 Å². The number of likely N-dealkylation sites (tertiary alicyclic amines) is 1. The third-order valence-electron chi connectivity index (χ3n) is 5.78. The van der Waals surface area contributed by atoms with Gasteiger partial charge < -0.3 is 14.8 Å². The molecule has 29 heavy (non-hydrogen) atoms. The molecule has 0 aliphatic carbocycles. The monoisotopic (exact) mass is 394 g/mol. The van der Waals surface area contributed by atoms with Crippen molar-refractivity contribution in [3.63, 3.8) is 0 Å². The van der Waals surface area contributed by atoms with E-state index in [2.05, 4.69) is 34.5 Å². The first-order valence-corrected chi connectivity index (χ1v) is 10.7. The second-order valence-electron chi connectivity index (χ2n) is 7.85. The normalized spacial score (nSPS) is 20.5. The van der Waals surface area contributed by atoms with Crippen molar-refractivity contribution < 1.29 is 14.3 Å². The fraction of sp³-hybridized carbons (Fsp3) is 0.458. The predicted octanol–water partition coefficient (Wildman–Crippen LogP) is 3.81. The third-order valence-corrected chi connectivity index (χ3v) is 5.78. The molecule has 5 heteroatoms. The minimum atomic E-state index is -0.0623. The molecule has 2 unspecified atom stereocenters. The van der Waals surface area contributed by atoms with E-state index < -0.39 is 0 Å². The molecule has 1 amide bonds. The van der Waals surface area contributed by atoms with Crippen LogP contribution < -0.4 is 10.1 Å². The lowest BCUT2D eigenvalue weighted by molar-refractivity contribution is 0.0679. The average molecular weight is 395 g/mol. The van der Waals surface area contributed by atoms with Gasteiger partial charge in [0, 0.05) is 18.7 Å². The van der Waals surface area contributed by atoms with E-state index in [1.54, 1.807) is 0 Å². The number of hydrogen-bond donors (Lipinski definition) is 1. The molecule has 0 radical (unpaired) electrons. The summed E-state index contributed by atoms with van der Waals surface area (Å²) in [5.41, 5.74) is 1.88. The topological polar surface area (TPSA) is 50.8 Å². The molecular weight excluding hydrogens is 364 g/mol. The van der Waals surface area contributed by atoms with Crippen molar-refractivity contribution in [3.8, 4) is 5.75 Å². The van der Waals surface area contributed by atoms with Crippen molar-refractivity contribution in [2.75, 3.05) is 32.8 Å². The number of hydrogen-bond acceptors (Lipinski definition) is 4. The van der Waals surface area contributed by atoms with Crippen LogP contribution >= 0.6 is 0 Å². The number of nitrogens with one attached hydrogen (secondary N) is 1. The molecule has 2 aliphatic heterocycles. The van der Waals surface area contributed by atoms with Gasteiger partial charge in [-0.25, -0.2) is 0 Å². The van der Waals surface area contributed by atoms with Gasteiger partial charge in [0.1, 0.15) is 12.4 Å². The van der Waals surface area contributed by atoms with Gasteiger partial charge in [0.15, 0.2) is 0 Å². The Morgan fingerprint density at radius 3 is 2.69 bits per heavy atom. The van der Waals surface area contributed by atoms with Crippen LogP contribution in [0, 0.1) is 0 Å². The van der Waals surface area contributed by atoms with E-state index in [1.807, 2.05) is 30.3 Å². The van der Waals surface area contributed by atoms with Gasteiger partial charge in [-0.2, -0.15) is 0 Å². The largest absolute Gasteiger partial charge is 0.491 e. The van der Waals surface area contributed by atoms with E-state index in [4.69, 9.17) is 9.47 Å². The Kier molecular flexibility index (Phi) is 6.80. The highest BCUT2D eigenvalue weighted by Crippen LogP contribution is 2.24. The Labute approximate surface area is 173 Å². The number of benzene rings is 2. The lowest BCUT2D eigenvalue weighted by Crippen LogP contribution is -2.36. The zero-order valence-corrected chi connectivity index (χ0v) is 16.9. The van der Waals surface area contributed by atoms with Gasteiger partial charge in [-0.1, -0.05) is 36.4 Å². The molecular formula is C24H30N2O3. The fourth-order valence-electron chi connectivity index (χ4n) is 4.17. The molecule has 2 aliphatic rings. The number of amides is 1. The summed E-state index contributed by atoms with van der Waals surface area (Å²) in [5, 5.41) is 3.14. The lowest BCUT2D eigenvalue weighted by Gasteiger charge is -2.28. The summed E-state index contributed by atoms with van der Waals surface area (Å²) in [5.74, 6) is 0.653. The Morgan fingerprint density at radius 2 is 1.93 bits per heavy atom. The van der Waals surface area contributed by atoms with Crippen molar-refractivity contribution in [1.82, 2.24) is 10.2 Å². The van der Waals surface area contributed by atoms with Crippen LogP contribution in [0.15, 0.2) is 54.6 Å². The van der Waals surface area contributed by atoms with E-state index in [0.717, 1.165) is 32.5 Å². The van der Waals surface area contributed by atoms with Crippen molar-refractivity contribution in [2.24, 2.45) is 0 Å². The summed E-state index contributed by atoms with van der Waals surface area (Å²) in [7, 11) is 0. The van der Waals surface area contributed by atoms with Crippen LogP contribution in [0.2, 0.25) is 0 Å². The Balaban J connectivity index is 1.36. The number of rotatable bonds is 8. The molecule has 2 atom stereocenters. The molecule has 5 nitrogen and oxygen atoms in total. The second kappa shape index (κ2) is 9.90. The zero-order chi connectivity index (χ0) is 19.9.